The van der Waals surface area contributed by atoms with E-state index in [1.165, 1.54) is 0 Å². The maximum absolute atomic E-state index is 4.52. The van der Waals surface area contributed by atoms with Crippen LogP contribution in [0.4, 0.5) is 0 Å². The molecule has 4 heterocycles. The van der Waals surface area contributed by atoms with Crippen molar-refractivity contribution in [1.29, 1.82) is 0 Å². The van der Waals surface area contributed by atoms with Gasteiger partial charge in [-0.25, -0.2) is 0 Å². The first-order valence-electron chi connectivity index (χ1n) is 10.5. The molecule has 4 rings (SSSR count). The summed E-state index contributed by atoms with van der Waals surface area (Å²) in [6.07, 6.45) is 3.59. The highest BCUT2D eigenvalue weighted by atomic mass is 33.1. The van der Waals surface area contributed by atoms with Crippen molar-refractivity contribution in [2.75, 3.05) is 0 Å². The molecule has 0 aliphatic rings. The van der Waals surface area contributed by atoms with E-state index in [4.69, 9.17) is 0 Å². The average molecular weight is 475 g/mol. The lowest BCUT2D eigenvalue weighted by Crippen LogP contribution is -2.04. The molecule has 170 valence electrons. The van der Waals surface area contributed by atoms with Crippen LogP contribution in [0.1, 0.15) is 53.6 Å². The molecule has 0 unspecified atom stereocenters. The molecule has 0 aromatic carbocycles. The van der Waals surface area contributed by atoms with E-state index in [1.54, 1.807) is 43.6 Å². The monoisotopic (exact) mass is 474 g/mol. The smallest absolute Gasteiger partial charge is 0.209 e. The molecule has 0 aliphatic heterocycles. The summed E-state index contributed by atoms with van der Waals surface area (Å²) >= 11 is 0. The molecule has 0 aliphatic carbocycles. The Balaban J connectivity index is 1.65. The van der Waals surface area contributed by atoms with Crippen molar-refractivity contribution in [2.45, 2.75) is 76.8 Å². The Hall–Kier alpha value is -2.74. The topological polar surface area (TPSA) is 123 Å². The number of tetrazole rings is 2. The van der Waals surface area contributed by atoms with Crippen molar-refractivity contribution in [3.63, 3.8) is 0 Å². The number of aryl methyl sites for hydroxylation is 2. The quantitative estimate of drug-likeness (QED) is 0.333. The lowest BCUT2D eigenvalue weighted by atomic mass is 10.3. The summed E-state index contributed by atoms with van der Waals surface area (Å²) in [5.41, 5.74) is 1.70. The molecule has 0 saturated carbocycles. The van der Waals surface area contributed by atoms with E-state index in [-0.39, 0.29) is 12.1 Å². The molecule has 14 heteroatoms. The Kier molecular flexibility index (Phi) is 6.60. The number of rotatable bonds is 9. The fourth-order valence-electron chi connectivity index (χ4n) is 2.86. The van der Waals surface area contributed by atoms with Crippen LogP contribution >= 0.6 is 21.6 Å². The van der Waals surface area contributed by atoms with E-state index < -0.39 is 0 Å². The maximum Gasteiger partial charge on any atom is 0.209 e. The van der Waals surface area contributed by atoms with Crippen LogP contribution in [0.3, 0.4) is 0 Å². The third kappa shape index (κ3) is 4.28. The average Bonchev–Trinajstić information content (AvgIpc) is 3.56. The Bertz CT molecular complexity index is 1090. The summed E-state index contributed by atoms with van der Waals surface area (Å²) in [5.74, 6) is 1.12. The van der Waals surface area contributed by atoms with Gasteiger partial charge < -0.3 is 0 Å². The normalized spacial score (nSPS) is 11.9. The minimum absolute atomic E-state index is 0.135. The number of hydrogen-bond acceptors (Lipinski definition) is 10. The Labute approximate surface area is 193 Å². The summed E-state index contributed by atoms with van der Waals surface area (Å²) in [6.45, 7) is 13.6. The van der Waals surface area contributed by atoms with Gasteiger partial charge in [-0.15, -0.1) is 20.4 Å². The van der Waals surface area contributed by atoms with Crippen LogP contribution in [-0.4, -0.2) is 60.0 Å². The molecule has 0 bridgehead atoms. The van der Waals surface area contributed by atoms with E-state index in [9.17, 15) is 0 Å². The van der Waals surface area contributed by atoms with Gasteiger partial charge >= 0.3 is 0 Å². The van der Waals surface area contributed by atoms with Gasteiger partial charge in [0.15, 0.2) is 0 Å². The summed E-state index contributed by atoms with van der Waals surface area (Å²) in [7, 11) is 3.17. The highest BCUT2D eigenvalue weighted by Crippen LogP contribution is 2.44. The molecule has 4 aromatic rings. The number of hydrogen-bond donors (Lipinski definition) is 0. The predicted octanol–water partition coefficient (Wildman–Crippen LogP) is 3.39. The van der Waals surface area contributed by atoms with Crippen LogP contribution in [0, 0.1) is 0 Å². The largest absolute Gasteiger partial charge is 0.258 e. The standard InChI is InChI=1S/C18H26N12S2/c1-7-27-17(13(9-19-27)15-21-25-29(23-15)11(3)4)31-32-18-14(10-20-28(18)8-2)16-22-26-30(24-16)12(5)6/h9-12H,7-8H2,1-6H3. The highest BCUT2D eigenvalue weighted by Gasteiger charge is 2.22. The minimum atomic E-state index is 0.135. The van der Waals surface area contributed by atoms with Gasteiger partial charge in [-0.1, -0.05) is 0 Å². The molecule has 4 aromatic heterocycles. The summed E-state index contributed by atoms with van der Waals surface area (Å²) in [5, 5.41) is 36.8. The van der Waals surface area contributed by atoms with Crippen molar-refractivity contribution in [1.82, 2.24) is 60.0 Å². The van der Waals surface area contributed by atoms with Crippen LogP contribution in [0.2, 0.25) is 0 Å². The predicted molar refractivity (Wildman–Crippen MR) is 122 cm³/mol. The zero-order valence-electron chi connectivity index (χ0n) is 18.9. The van der Waals surface area contributed by atoms with Gasteiger partial charge in [0.2, 0.25) is 11.6 Å². The SMILES string of the molecule is CCn1ncc(-c2nnn(C(C)C)n2)c1SSc1c(-c2nnn(C(C)C)n2)cnn1CC. The van der Waals surface area contributed by atoms with Gasteiger partial charge in [0.05, 0.1) is 35.6 Å². The van der Waals surface area contributed by atoms with E-state index in [0.717, 1.165) is 34.3 Å². The van der Waals surface area contributed by atoms with Gasteiger partial charge in [-0.2, -0.15) is 19.8 Å². The molecule has 0 spiro atoms. The molecular weight excluding hydrogens is 448 g/mol. The minimum Gasteiger partial charge on any atom is -0.258 e. The van der Waals surface area contributed by atoms with Gasteiger partial charge in [0.1, 0.15) is 10.1 Å². The fraction of sp³-hybridized carbons (Fsp3) is 0.556. The second-order valence-corrected chi connectivity index (χ2v) is 9.69. The summed E-state index contributed by atoms with van der Waals surface area (Å²) in [4.78, 5) is 3.21. The zero-order valence-corrected chi connectivity index (χ0v) is 20.5. The molecule has 0 fully saturated rings. The first-order chi connectivity index (χ1) is 15.4. The Morgan fingerprint density at radius 1 is 0.719 bits per heavy atom. The van der Waals surface area contributed by atoms with Crippen molar-refractivity contribution in [3.05, 3.63) is 12.4 Å². The van der Waals surface area contributed by atoms with Crippen LogP contribution in [0.5, 0.6) is 0 Å². The van der Waals surface area contributed by atoms with Crippen molar-refractivity contribution in [2.24, 2.45) is 0 Å². The van der Waals surface area contributed by atoms with Gasteiger partial charge in [-0.05, 0) is 73.6 Å². The number of nitrogens with zero attached hydrogens (tertiary/aromatic N) is 12. The van der Waals surface area contributed by atoms with E-state index >= 15 is 0 Å². The third-order valence-electron chi connectivity index (χ3n) is 4.64. The molecule has 0 radical (unpaired) electrons. The number of aromatic nitrogens is 12. The van der Waals surface area contributed by atoms with E-state index in [0.29, 0.717) is 11.6 Å². The molecule has 12 nitrogen and oxygen atoms in total. The van der Waals surface area contributed by atoms with Crippen LogP contribution in [0.25, 0.3) is 22.8 Å². The van der Waals surface area contributed by atoms with Crippen molar-refractivity contribution in [3.8, 4) is 22.8 Å². The van der Waals surface area contributed by atoms with Crippen LogP contribution in [0.15, 0.2) is 22.4 Å². The highest BCUT2D eigenvalue weighted by molar-refractivity contribution is 8.76. The molecule has 32 heavy (non-hydrogen) atoms. The van der Waals surface area contributed by atoms with Gasteiger partial charge in [0, 0.05) is 13.1 Å². The van der Waals surface area contributed by atoms with E-state index in [2.05, 4.69) is 54.9 Å². The second kappa shape index (κ2) is 9.40. The lowest BCUT2D eigenvalue weighted by Gasteiger charge is -2.08. The van der Waals surface area contributed by atoms with Crippen LogP contribution in [-0.2, 0) is 13.1 Å². The summed E-state index contributed by atoms with van der Waals surface area (Å²) < 4.78 is 3.87. The second-order valence-electron chi connectivity index (χ2n) is 7.58. The Morgan fingerprint density at radius 2 is 1.12 bits per heavy atom. The van der Waals surface area contributed by atoms with Crippen molar-refractivity contribution < 1.29 is 0 Å². The fourth-order valence-corrected chi connectivity index (χ4v) is 5.54. The molecule has 0 saturated heterocycles. The van der Waals surface area contributed by atoms with Crippen LogP contribution < -0.4 is 0 Å². The first kappa shape index (κ1) is 22.5. The van der Waals surface area contributed by atoms with Gasteiger partial charge in [0.25, 0.3) is 0 Å². The third-order valence-corrected chi connectivity index (χ3v) is 7.10. The summed E-state index contributed by atoms with van der Waals surface area (Å²) in [6, 6.07) is 0.271. The Morgan fingerprint density at radius 3 is 1.44 bits per heavy atom. The van der Waals surface area contributed by atoms with Gasteiger partial charge in [-0.3, -0.25) is 9.36 Å². The van der Waals surface area contributed by atoms with E-state index in [1.807, 2.05) is 37.1 Å². The first-order valence-corrected chi connectivity index (χ1v) is 12.6. The molecular formula is C18H26N12S2. The lowest BCUT2D eigenvalue weighted by molar-refractivity contribution is 0.455. The zero-order chi connectivity index (χ0) is 22.8. The molecule has 0 N–H and O–H groups in total. The van der Waals surface area contributed by atoms with Crippen molar-refractivity contribution >= 4 is 21.6 Å². The molecule has 0 amide bonds. The molecule has 0 atom stereocenters. The maximum atomic E-state index is 4.52.